The van der Waals surface area contributed by atoms with E-state index in [0.717, 1.165) is 5.82 Å². The minimum absolute atomic E-state index is 0.0271. The zero-order chi connectivity index (χ0) is 10.7. The summed E-state index contributed by atoms with van der Waals surface area (Å²) in [4.78, 5) is 15.9. The van der Waals surface area contributed by atoms with Gasteiger partial charge in [-0.3, -0.25) is 4.79 Å². The molecule has 0 aliphatic carbocycles. The second-order valence-corrected chi connectivity index (χ2v) is 4.15. The maximum Gasteiger partial charge on any atom is 0.323 e. The lowest BCUT2D eigenvalue weighted by Crippen LogP contribution is -2.11. The Labute approximate surface area is 90.8 Å². The van der Waals surface area contributed by atoms with Crippen molar-refractivity contribution in [3.8, 4) is 0 Å². The van der Waals surface area contributed by atoms with E-state index in [1.54, 1.807) is 28.3 Å². The summed E-state index contributed by atoms with van der Waals surface area (Å²) in [6.07, 6.45) is 4.01. The zero-order valence-corrected chi connectivity index (χ0v) is 8.78. The Bertz CT molecular complexity index is 448. The number of thiophene rings is 1. The highest BCUT2D eigenvalue weighted by molar-refractivity contribution is 7.09. The highest BCUT2D eigenvalue weighted by Gasteiger charge is 2.07. The summed E-state index contributed by atoms with van der Waals surface area (Å²) in [7, 11) is 0. The molecule has 2 aromatic rings. The van der Waals surface area contributed by atoms with Crippen LogP contribution in [0.5, 0.6) is 0 Å². The predicted molar refractivity (Wildman–Crippen MR) is 57.0 cm³/mol. The van der Waals surface area contributed by atoms with Crippen LogP contribution in [0.1, 0.15) is 10.7 Å². The Morgan fingerprint density at radius 3 is 3.13 bits per heavy atom. The Kier molecular flexibility index (Phi) is 2.82. The molecule has 0 spiro atoms. The molecule has 2 rings (SSSR count). The molecule has 4 nitrogen and oxygen atoms in total. The van der Waals surface area contributed by atoms with Crippen molar-refractivity contribution in [1.82, 2.24) is 9.55 Å². The molecule has 0 saturated heterocycles. The standard InChI is InChI=1S/C10H10N2O2S/c13-10(14)7-12-4-3-11-9(12)6-8-2-1-5-15-8/h1-5H,6-7H2,(H,13,14). The van der Waals surface area contributed by atoms with Crippen molar-refractivity contribution in [2.45, 2.75) is 13.0 Å². The SMILES string of the molecule is O=C(O)Cn1ccnc1Cc1cccs1. The maximum absolute atomic E-state index is 10.6. The molecule has 5 heteroatoms. The van der Waals surface area contributed by atoms with Crippen LogP contribution in [0.2, 0.25) is 0 Å². The van der Waals surface area contributed by atoms with Crippen molar-refractivity contribution in [2.75, 3.05) is 0 Å². The number of imidazole rings is 1. The van der Waals surface area contributed by atoms with Crippen molar-refractivity contribution in [2.24, 2.45) is 0 Å². The van der Waals surface area contributed by atoms with Crippen molar-refractivity contribution in [3.05, 3.63) is 40.6 Å². The van der Waals surface area contributed by atoms with Crippen LogP contribution in [0, 0.1) is 0 Å². The number of rotatable bonds is 4. The third-order valence-electron chi connectivity index (χ3n) is 2.02. The van der Waals surface area contributed by atoms with E-state index in [2.05, 4.69) is 4.98 Å². The minimum Gasteiger partial charge on any atom is -0.480 e. The van der Waals surface area contributed by atoms with Gasteiger partial charge in [-0.25, -0.2) is 4.98 Å². The molecular formula is C10H10N2O2S. The van der Waals surface area contributed by atoms with Crippen LogP contribution in [0.4, 0.5) is 0 Å². The maximum atomic E-state index is 10.6. The van der Waals surface area contributed by atoms with E-state index in [0.29, 0.717) is 6.42 Å². The van der Waals surface area contributed by atoms with E-state index < -0.39 is 5.97 Å². The Hall–Kier alpha value is -1.62. The number of aromatic nitrogens is 2. The number of carboxylic acids is 1. The average molecular weight is 222 g/mol. The van der Waals surface area contributed by atoms with Gasteiger partial charge in [-0.1, -0.05) is 6.07 Å². The van der Waals surface area contributed by atoms with E-state index in [9.17, 15) is 4.79 Å². The van der Waals surface area contributed by atoms with Gasteiger partial charge in [0.15, 0.2) is 0 Å². The van der Waals surface area contributed by atoms with Crippen LogP contribution in [-0.2, 0) is 17.8 Å². The van der Waals surface area contributed by atoms with Crippen LogP contribution in [-0.4, -0.2) is 20.6 Å². The van der Waals surface area contributed by atoms with Gasteiger partial charge in [-0.15, -0.1) is 11.3 Å². The van der Waals surface area contributed by atoms with E-state index in [-0.39, 0.29) is 6.54 Å². The zero-order valence-electron chi connectivity index (χ0n) is 7.96. The molecule has 0 aliphatic heterocycles. The highest BCUT2D eigenvalue weighted by Crippen LogP contribution is 2.13. The van der Waals surface area contributed by atoms with Crippen LogP contribution < -0.4 is 0 Å². The number of carboxylic acid groups (broad SMARTS) is 1. The first-order chi connectivity index (χ1) is 7.25. The highest BCUT2D eigenvalue weighted by atomic mass is 32.1. The van der Waals surface area contributed by atoms with Crippen LogP contribution >= 0.6 is 11.3 Å². The number of hydrogen-bond acceptors (Lipinski definition) is 3. The quantitative estimate of drug-likeness (QED) is 0.855. The smallest absolute Gasteiger partial charge is 0.323 e. The molecule has 1 N–H and O–H groups in total. The molecule has 2 heterocycles. The molecule has 0 saturated carbocycles. The van der Waals surface area contributed by atoms with E-state index in [1.165, 1.54) is 4.88 Å². The fraction of sp³-hybridized carbons (Fsp3) is 0.200. The lowest BCUT2D eigenvalue weighted by atomic mass is 10.3. The van der Waals surface area contributed by atoms with E-state index in [1.807, 2.05) is 17.5 Å². The lowest BCUT2D eigenvalue weighted by molar-refractivity contribution is -0.137. The van der Waals surface area contributed by atoms with Gasteiger partial charge in [-0.05, 0) is 11.4 Å². The first-order valence-corrected chi connectivity index (χ1v) is 5.38. The molecule has 0 amide bonds. The van der Waals surface area contributed by atoms with E-state index in [4.69, 9.17) is 5.11 Å². The van der Waals surface area contributed by atoms with Gasteiger partial charge in [0, 0.05) is 23.7 Å². The number of nitrogens with zero attached hydrogens (tertiary/aromatic N) is 2. The molecule has 15 heavy (non-hydrogen) atoms. The number of carbonyl (C=O) groups is 1. The fourth-order valence-corrected chi connectivity index (χ4v) is 2.07. The summed E-state index contributed by atoms with van der Waals surface area (Å²) >= 11 is 1.65. The normalized spacial score (nSPS) is 10.4. The third kappa shape index (κ3) is 2.44. The van der Waals surface area contributed by atoms with Crippen molar-refractivity contribution >= 4 is 17.3 Å². The van der Waals surface area contributed by atoms with Gasteiger partial charge < -0.3 is 9.67 Å². The van der Waals surface area contributed by atoms with Gasteiger partial charge in [-0.2, -0.15) is 0 Å². The number of aliphatic carboxylic acids is 1. The summed E-state index contributed by atoms with van der Waals surface area (Å²) in [5.74, 6) is -0.0553. The topological polar surface area (TPSA) is 55.1 Å². The molecule has 0 bridgehead atoms. The second kappa shape index (κ2) is 4.27. The summed E-state index contributed by atoms with van der Waals surface area (Å²) in [5, 5.41) is 10.7. The first kappa shape index (κ1) is 9.92. The molecule has 0 fully saturated rings. The summed E-state index contributed by atoms with van der Waals surface area (Å²) in [5.41, 5.74) is 0. The lowest BCUT2D eigenvalue weighted by Gasteiger charge is -2.02. The van der Waals surface area contributed by atoms with Gasteiger partial charge in [0.25, 0.3) is 0 Å². The molecule has 0 atom stereocenters. The Balaban J connectivity index is 2.14. The monoisotopic (exact) mass is 222 g/mol. The molecule has 2 aromatic heterocycles. The van der Waals surface area contributed by atoms with Gasteiger partial charge in [0.1, 0.15) is 12.4 Å². The van der Waals surface area contributed by atoms with Gasteiger partial charge >= 0.3 is 5.97 Å². The number of hydrogen-bond donors (Lipinski definition) is 1. The summed E-state index contributed by atoms with van der Waals surface area (Å²) in [6, 6.07) is 3.99. The Morgan fingerprint density at radius 2 is 2.47 bits per heavy atom. The Morgan fingerprint density at radius 1 is 1.60 bits per heavy atom. The fourth-order valence-electron chi connectivity index (χ4n) is 1.37. The second-order valence-electron chi connectivity index (χ2n) is 3.12. The van der Waals surface area contributed by atoms with Crippen LogP contribution in [0.25, 0.3) is 0 Å². The van der Waals surface area contributed by atoms with E-state index >= 15 is 0 Å². The van der Waals surface area contributed by atoms with Crippen LogP contribution in [0.15, 0.2) is 29.9 Å². The van der Waals surface area contributed by atoms with Gasteiger partial charge in [0.05, 0.1) is 0 Å². The molecular weight excluding hydrogens is 212 g/mol. The minimum atomic E-state index is -0.847. The third-order valence-corrected chi connectivity index (χ3v) is 2.90. The largest absolute Gasteiger partial charge is 0.480 e. The molecule has 0 unspecified atom stereocenters. The molecule has 0 radical (unpaired) electrons. The molecule has 0 aromatic carbocycles. The van der Waals surface area contributed by atoms with Crippen molar-refractivity contribution in [1.29, 1.82) is 0 Å². The molecule has 78 valence electrons. The predicted octanol–water partition coefficient (Wildman–Crippen LogP) is 1.62. The van der Waals surface area contributed by atoms with Crippen molar-refractivity contribution in [3.63, 3.8) is 0 Å². The average Bonchev–Trinajstić information content (AvgIpc) is 2.78. The van der Waals surface area contributed by atoms with Crippen molar-refractivity contribution < 1.29 is 9.90 Å². The van der Waals surface area contributed by atoms with Crippen LogP contribution in [0.3, 0.4) is 0 Å². The van der Waals surface area contributed by atoms with Gasteiger partial charge in [0.2, 0.25) is 0 Å². The molecule has 0 aliphatic rings. The first-order valence-electron chi connectivity index (χ1n) is 4.50. The summed E-state index contributed by atoms with van der Waals surface area (Å²) in [6.45, 7) is -0.0271. The summed E-state index contributed by atoms with van der Waals surface area (Å²) < 4.78 is 1.65.